The Hall–Kier alpha value is -3.97. The number of hydrogen-bond donors (Lipinski definition) is 3. The largest absolute Gasteiger partial charge is 0.497 e. The lowest BCUT2D eigenvalue weighted by Gasteiger charge is -2.27. The van der Waals surface area contributed by atoms with E-state index in [9.17, 15) is 18.0 Å². The first-order valence-electron chi connectivity index (χ1n) is 11.7. The van der Waals surface area contributed by atoms with Gasteiger partial charge in [0.1, 0.15) is 28.6 Å². The summed E-state index contributed by atoms with van der Waals surface area (Å²) in [5, 5.41) is 2.66. The van der Waals surface area contributed by atoms with Crippen LogP contribution >= 0.6 is 11.6 Å². The van der Waals surface area contributed by atoms with E-state index in [4.69, 9.17) is 31.5 Å². The molecule has 1 fully saturated rings. The van der Waals surface area contributed by atoms with Gasteiger partial charge < -0.3 is 30.2 Å². The summed E-state index contributed by atoms with van der Waals surface area (Å²) in [6.07, 6.45) is -3.53. The Balaban J connectivity index is 1.68. The molecule has 1 saturated heterocycles. The number of aromatic amines is 1. The summed E-state index contributed by atoms with van der Waals surface area (Å²) in [7, 11) is 2.97. The van der Waals surface area contributed by atoms with Gasteiger partial charge in [-0.05, 0) is 24.3 Å². The van der Waals surface area contributed by atoms with E-state index in [2.05, 4.69) is 20.3 Å². The fourth-order valence-electron chi connectivity index (χ4n) is 3.88. The third kappa shape index (κ3) is 6.55. The molecule has 0 aliphatic carbocycles. The second-order valence-corrected chi connectivity index (χ2v) is 8.84. The average molecular weight is 567 g/mol. The minimum Gasteiger partial charge on any atom is -0.497 e. The molecule has 208 valence electrons. The summed E-state index contributed by atoms with van der Waals surface area (Å²) in [5.74, 6) is 1.22. The van der Waals surface area contributed by atoms with Crippen molar-refractivity contribution in [3.05, 3.63) is 62.4 Å². The van der Waals surface area contributed by atoms with Crippen LogP contribution in [0.3, 0.4) is 0 Å². The van der Waals surface area contributed by atoms with Crippen LogP contribution in [0.15, 0.2) is 40.1 Å². The monoisotopic (exact) mass is 566 g/mol. The zero-order valence-corrected chi connectivity index (χ0v) is 21.8. The van der Waals surface area contributed by atoms with Gasteiger partial charge >= 0.3 is 6.18 Å². The molecule has 0 amide bonds. The molecule has 0 saturated carbocycles. The first-order valence-corrected chi connectivity index (χ1v) is 12.1. The second kappa shape index (κ2) is 11.8. The minimum atomic E-state index is -4.65. The lowest BCUT2D eigenvalue weighted by atomic mass is 10.1. The number of morpholine rings is 1. The van der Waals surface area contributed by atoms with Crippen LogP contribution in [-0.4, -0.2) is 56.7 Å². The van der Waals surface area contributed by atoms with Crippen molar-refractivity contribution in [1.29, 1.82) is 0 Å². The summed E-state index contributed by atoms with van der Waals surface area (Å²) in [5.41, 5.74) is 5.05. The number of alkyl halides is 3. The Labute approximate surface area is 226 Å². The van der Waals surface area contributed by atoms with E-state index in [0.717, 1.165) is 18.3 Å². The van der Waals surface area contributed by atoms with Crippen molar-refractivity contribution in [3.8, 4) is 11.5 Å². The topological polar surface area (TPSA) is 127 Å². The highest BCUT2D eigenvalue weighted by molar-refractivity contribution is 6.34. The number of nitrogen functional groups attached to an aromatic ring is 1. The molecule has 0 bridgehead atoms. The highest BCUT2D eigenvalue weighted by atomic mass is 35.5. The summed E-state index contributed by atoms with van der Waals surface area (Å²) in [6, 6.07) is 6.71. The van der Waals surface area contributed by atoms with Crippen molar-refractivity contribution in [2.24, 2.45) is 4.99 Å². The maximum atomic E-state index is 13.6. The van der Waals surface area contributed by atoms with Crippen molar-refractivity contribution in [2.75, 3.05) is 56.5 Å². The van der Waals surface area contributed by atoms with Crippen molar-refractivity contribution in [3.63, 3.8) is 0 Å². The number of halogens is 4. The fourth-order valence-corrected chi connectivity index (χ4v) is 4.15. The molecule has 2 heterocycles. The molecule has 14 heteroatoms. The number of hydrogen-bond acceptors (Lipinski definition) is 9. The molecular weight excluding hydrogens is 541 g/mol. The van der Waals surface area contributed by atoms with E-state index in [1.807, 2.05) is 4.90 Å². The van der Waals surface area contributed by atoms with Gasteiger partial charge in [-0.3, -0.25) is 14.8 Å². The lowest BCUT2D eigenvalue weighted by molar-refractivity contribution is -0.137. The van der Waals surface area contributed by atoms with Gasteiger partial charge in [-0.15, -0.1) is 0 Å². The normalized spacial score (nSPS) is 14.1. The molecule has 2 aromatic carbocycles. The Morgan fingerprint density at radius 1 is 1.23 bits per heavy atom. The predicted molar refractivity (Wildman–Crippen MR) is 143 cm³/mol. The first-order chi connectivity index (χ1) is 18.6. The molecule has 10 nitrogen and oxygen atoms in total. The molecular formula is C25H26ClF3N6O4. The van der Waals surface area contributed by atoms with Crippen molar-refractivity contribution >= 4 is 41.0 Å². The Kier molecular flexibility index (Phi) is 8.51. The summed E-state index contributed by atoms with van der Waals surface area (Å²) >= 11 is 6.25. The quantitative estimate of drug-likeness (QED) is 0.346. The highest BCUT2D eigenvalue weighted by Crippen LogP contribution is 2.41. The van der Waals surface area contributed by atoms with Crippen LogP contribution < -0.4 is 31.0 Å². The predicted octanol–water partition coefficient (Wildman–Crippen LogP) is 4.24. The lowest BCUT2D eigenvalue weighted by Crippen LogP contribution is -2.38. The van der Waals surface area contributed by atoms with Crippen molar-refractivity contribution in [1.82, 2.24) is 9.97 Å². The van der Waals surface area contributed by atoms with Gasteiger partial charge in [0, 0.05) is 37.5 Å². The molecule has 4 N–H and O–H groups in total. The van der Waals surface area contributed by atoms with E-state index in [-0.39, 0.29) is 34.3 Å². The van der Waals surface area contributed by atoms with Crippen LogP contribution in [0.25, 0.3) is 0 Å². The number of nitrogens with two attached hydrogens (primary N) is 1. The number of anilines is 3. The third-order valence-corrected chi connectivity index (χ3v) is 6.25. The van der Waals surface area contributed by atoms with Gasteiger partial charge in [0.2, 0.25) is 5.95 Å². The number of aromatic nitrogens is 2. The molecule has 0 spiro atoms. The molecule has 3 aromatic rings. The maximum absolute atomic E-state index is 13.6. The zero-order chi connectivity index (χ0) is 28.2. The van der Waals surface area contributed by atoms with Gasteiger partial charge in [0.05, 0.1) is 43.7 Å². The number of rotatable bonds is 8. The fraction of sp³-hybridized carbons (Fsp3) is 0.320. The highest BCUT2D eigenvalue weighted by Gasteiger charge is 2.32. The van der Waals surface area contributed by atoms with Gasteiger partial charge in [-0.25, -0.2) is 0 Å². The molecule has 1 aromatic heterocycles. The van der Waals surface area contributed by atoms with E-state index in [1.165, 1.54) is 14.2 Å². The van der Waals surface area contributed by atoms with Gasteiger partial charge in [-0.1, -0.05) is 11.6 Å². The number of benzene rings is 2. The number of aliphatic imine (C=N–C) groups is 1. The number of H-pyrrole nitrogens is 1. The van der Waals surface area contributed by atoms with E-state index < -0.39 is 17.3 Å². The summed E-state index contributed by atoms with van der Waals surface area (Å²) in [6.45, 7) is 2.11. The first kappa shape index (κ1) is 28.0. The summed E-state index contributed by atoms with van der Waals surface area (Å²) in [4.78, 5) is 25.7. The summed E-state index contributed by atoms with van der Waals surface area (Å²) < 4.78 is 56.5. The van der Waals surface area contributed by atoms with Crippen molar-refractivity contribution < 1.29 is 27.4 Å². The molecule has 0 atom stereocenters. The number of nitrogens with one attached hydrogen (secondary N) is 2. The average Bonchev–Trinajstić information content (AvgIpc) is 2.91. The third-order valence-electron chi connectivity index (χ3n) is 5.96. The maximum Gasteiger partial charge on any atom is 0.416 e. The van der Waals surface area contributed by atoms with Crippen LogP contribution in [0.5, 0.6) is 11.5 Å². The standard InChI is InChI=1S/C25H26ClF3N6O4/c1-37-16-4-3-14(20(11-16)38-2)12-31-19-10-15(25(27,28)29)9-18(26)21(19)32-13-17-22(30)33-24(34-23(17)36)35-5-7-39-8-6-35/h3-4,9-11,13,31H,5-8,12H2,1-2H3,(H3,30,33,34,36). The number of ether oxygens (including phenoxy) is 3. The Morgan fingerprint density at radius 2 is 1.97 bits per heavy atom. The van der Waals surface area contributed by atoms with E-state index in [0.29, 0.717) is 49.3 Å². The van der Waals surface area contributed by atoms with Gasteiger partial charge in [0.25, 0.3) is 5.56 Å². The molecule has 1 aliphatic rings. The number of methoxy groups -OCH3 is 2. The van der Waals surface area contributed by atoms with Crippen LogP contribution in [0, 0.1) is 0 Å². The number of nitrogens with zero attached hydrogens (tertiary/aromatic N) is 3. The Morgan fingerprint density at radius 3 is 2.62 bits per heavy atom. The zero-order valence-electron chi connectivity index (χ0n) is 21.1. The molecule has 4 rings (SSSR count). The van der Waals surface area contributed by atoms with Crippen LogP contribution in [0.1, 0.15) is 16.7 Å². The molecule has 1 aliphatic heterocycles. The van der Waals surface area contributed by atoms with E-state index >= 15 is 0 Å². The second-order valence-electron chi connectivity index (χ2n) is 8.43. The molecule has 0 radical (unpaired) electrons. The van der Waals surface area contributed by atoms with E-state index in [1.54, 1.807) is 18.2 Å². The SMILES string of the molecule is COc1ccc(CNc2cc(C(F)(F)F)cc(Cl)c2N=Cc2c(N)nc(N3CCOCC3)[nH]c2=O)c(OC)c1. The van der Waals surface area contributed by atoms with Crippen molar-refractivity contribution in [2.45, 2.75) is 12.7 Å². The van der Waals surface area contributed by atoms with Crippen LogP contribution in [0.2, 0.25) is 5.02 Å². The molecule has 39 heavy (non-hydrogen) atoms. The van der Waals surface area contributed by atoms with Crippen LogP contribution in [-0.2, 0) is 17.5 Å². The molecule has 0 unspecified atom stereocenters. The minimum absolute atomic E-state index is 0.0168. The van der Waals surface area contributed by atoms with Crippen LogP contribution in [0.4, 0.5) is 36.3 Å². The van der Waals surface area contributed by atoms with Gasteiger partial charge in [-0.2, -0.15) is 18.2 Å². The van der Waals surface area contributed by atoms with Gasteiger partial charge in [0.15, 0.2) is 0 Å². The smallest absolute Gasteiger partial charge is 0.416 e. The Bertz CT molecular complexity index is 1420.